The highest BCUT2D eigenvalue weighted by Crippen LogP contribution is 2.20. The van der Waals surface area contributed by atoms with E-state index in [1.165, 1.54) is 0 Å². The van der Waals surface area contributed by atoms with E-state index in [2.05, 4.69) is 27.4 Å². The molecule has 2 aromatic heterocycles. The lowest BCUT2D eigenvalue weighted by Gasteiger charge is -2.08. The first-order chi connectivity index (χ1) is 8.93. The molecule has 0 fully saturated rings. The fourth-order valence-electron chi connectivity index (χ4n) is 1.94. The standard InChI is InChI=1S/C15H13N3/c1-2-9-16-13(7-1)11-18-14-8-3-5-12-6-4-10-17-15(12)14/h1-10,18H,11H2. The van der Waals surface area contributed by atoms with E-state index in [-0.39, 0.29) is 0 Å². The third-order valence-electron chi connectivity index (χ3n) is 2.82. The number of anilines is 1. The maximum atomic E-state index is 4.41. The topological polar surface area (TPSA) is 37.8 Å². The summed E-state index contributed by atoms with van der Waals surface area (Å²) in [6.07, 6.45) is 3.62. The first-order valence-electron chi connectivity index (χ1n) is 5.91. The molecule has 3 aromatic rings. The predicted octanol–water partition coefficient (Wildman–Crippen LogP) is 3.24. The van der Waals surface area contributed by atoms with Crippen LogP contribution in [0.4, 0.5) is 5.69 Å². The largest absolute Gasteiger partial charge is 0.378 e. The normalized spacial score (nSPS) is 10.4. The van der Waals surface area contributed by atoms with Gasteiger partial charge in [-0.15, -0.1) is 0 Å². The summed E-state index contributed by atoms with van der Waals surface area (Å²) >= 11 is 0. The number of nitrogens with one attached hydrogen (secondary N) is 1. The van der Waals surface area contributed by atoms with E-state index in [1.54, 1.807) is 6.20 Å². The second-order valence-electron chi connectivity index (χ2n) is 4.06. The van der Waals surface area contributed by atoms with Crippen molar-refractivity contribution in [1.82, 2.24) is 9.97 Å². The Hall–Kier alpha value is -2.42. The molecule has 0 atom stereocenters. The Bertz CT molecular complexity index is 645. The van der Waals surface area contributed by atoms with E-state index in [4.69, 9.17) is 0 Å². The lowest BCUT2D eigenvalue weighted by atomic mass is 10.2. The van der Waals surface area contributed by atoms with Crippen molar-refractivity contribution in [2.75, 3.05) is 5.32 Å². The summed E-state index contributed by atoms with van der Waals surface area (Å²) in [6.45, 7) is 0.705. The van der Waals surface area contributed by atoms with E-state index < -0.39 is 0 Å². The lowest BCUT2D eigenvalue weighted by molar-refractivity contribution is 1.05. The molecule has 0 aliphatic heterocycles. The maximum Gasteiger partial charge on any atom is 0.0933 e. The van der Waals surface area contributed by atoms with E-state index in [9.17, 15) is 0 Å². The zero-order valence-electron chi connectivity index (χ0n) is 9.88. The van der Waals surface area contributed by atoms with Crippen LogP contribution in [0.25, 0.3) is 10.9 Å². The molecule has 0 radical (unpaired) electrons. The van der Waals surface area contributed by atoms with Gasteiger partial charge in [-0.05, 0) is 24.3 Å². The van der Waals surface area contributed by atoms with Crippen LogP contribution in [0.2, 0.25) is 0 Å². The zero-order chi connectivity index (χ0) is 12.2. The Kier molecular flexibility index (Phi) is 2.88. The number of hydrogen-bond donors (Lipinski definition) is 1. The van der Waals surface area contributed by atoms with Crippen molar-refractivity contribution >= 4 is 16.6 Å². The minimum absolute atomic E-state index is 0.705. The quantitative estimate of drug-likeness (QED) is 0.757. The van der Waals surface area contributed by atoms with Gasteiger partial charge in [-0.1, -0.05) is 24.3 Å². The van der Waals surface area contributed by atoms with Crippen LogP contribution in [-0.2, 0) is 6.54 Å². The Labute approximate surface area is 106 Å². The molecule has 88 valence electrons. The summed E-state index contributed by atoms with van der Waals surface area (Å²) in [5, 5.41) is 4.52. The van der Waals surface area contributed by atoms with Crippen molar-refractivity contribution in [3.63, 3.8) is 0 Å². The number of hydrogen-bond acceptors (Lipinski definition) is 3. The third-order valence-corrected chi connectivity index (χ3v) is 2.82. The summed E-state index contributed by atoms with van der Waals surface area (Å²) in [7, 11) is 0. The molecule has 0 unspecified atom stereocenters. The van der Waals surface area contributed by atoms with Crippen LogP contribution in [0.15, 0.2) is 60.9 Å². The highest BCUT2D eigenvalue weighted by molar-refractivity contribution is 5.90. The molecule has 0 saturated carbocycles. The van der Waals surface area contributed by atoms with Crippen LogP contribution in [0, 0.1) is 0 Å². The highest BCUT2D eigenvalue weighted by atomic mass is 14.9. The van der Waals surface area contributed by atoms with Crippen LogP contribution in [-0.4, -0.2) is 9.97 Å². The van der Waals surface area contributed by atoms with Crippen LogP contribution in [0.1, 0.15) is 5.69 Å². The molecule has 0 spiro atoms. The van der Waals surface area contributed by atoms with E-state index in [0.717, 1.165) is 22.3 Å². The molecular formula is C15H13N3. The Morgan fingerprint density at radius 2 is 1.72 bits per heavy atom. The molecule has 18 heavy (non-hydrogen) atoms. The van der Waals surface area contributed by atoms with Crippen molar-refractivity contribution in [3.8, 4) is 0 Å². The van der Waals surface area contributed by atoms with Crippen LogP contribution < -0.4 is 5.32 Å². The van der Waals surface area contributed by atoms with Gasteiger partial charge in [0, 0.05) is 17.8 Å². The molecule has 3 rings (SSSR count). The van der Waals surface area contributed by atoms with Crippen LogP contribution >= 0.6 is 0 Å². The summed E-state index contributed by atoms with van der Waals surface area (Å²) in [4.78, 5) is 8.70. The van der Waals surface area contributed by atoms with Crippen molar-refractivity contribution < 1.29 is 0 Å². The van der Waals surface area contributed by atoms with Gasteiger partial charge in [0.15, 0.2) is 0 Å². The molecule has 0 amide bonds. The lowest BCUT2D eigenvalue weighted by Crippen LogP contribution is -2.01. The van der Waals surface area contributed by atoms with Gasteiger partial charge in [-0.3, -0.25) is 9.97 Å². The summed E-state index contributed by atoms with van der Waals surface area (Å²) in [5.41, 5.74) is 3.06. The monoisotopic (exact) mass is 235 g/mol. The Morgan fingerprint density at radius 1 is 0.833 bits per heavy atom. The fraction of sp³-hybridized carbons (Fsp3) is 0.0667. The molecule has 0 saturated heterocycles. The molecule has 3 nitrogen and oxygen atoms in total. The first kappa shape index (κ1) is 10.7. The highest BCUT2D eigenvalue weighted by Gasteiger charge is 2.01. The SMILES string of the molecule is c1ccc(CNc2cccc3cccnc23)nc1. The Balaban J connectivity index is 1.87. The van der Waals surface area contributed by atoms with Gasteiger partial charge < -0.3 is 5.32 Å². The Morgan fingerprint density at radius 3 is 2.61 bits per heavy atom. The van der Waals surface area contributed by atoms with Crippen molar-refractivity contribution in [2.24, 2.45) is 0 Å². The van der Waals surface area contributed by atoms with Crippen LogP contribution in [0.3, 0.4) is 0 Å². The number of benzene rings is 1. The van der Waals surface area contributed by atoms with Gasteiger partial charge >= 0.3 is 0 Å². The smallest absolute Gasteiger partial charge is 0.0933 e. The van der Waals surface area contributed by atoms with Gasteiger partial charge in [0.1, 0.15) is 0 Å². The molecule has 0 aliphatic carbocycles. The van der Waals surface area contributed by atoms with Crippen molar-refractivity contribution in [2.45, 2.75) is 6.54 Å². The number of para-hydroxylation sites is 1. The molecule has 0 aliphatic rings. The molecule has 1 N–H and O–H groups in total. The van der Waals surface area contributed by atoms with Gasteiger partial charge in [0.05, 0.1) is 23.4 Å². The zero-order valence-corrected chi connectivity index (χ0v) is 9.88. The van der Waals surface area contributed by atoms with Crippen molar-refractivity contribution in [1.29, 1.82) is 0 Å². The van der Waals surface area contributed by atoms with E-state index in [1.807, 2.05) is 42.6 Å². The summed E-state index contributed by atoms with van der Waals surface area (Å²) < 4.78 is 0. The minimum Gasteiger partial charge on any atom is -0.378 e. The van der Waals surface area contributed by atoms with Crippen LogP contribution in [0.5, 0.6) is 0 Å². The van der Waals surface area contributed by atoms with Gasteiger partial charge in [-0.2, -0.15) is 0 Å². The van der Waals surface area contributed by atoms with Gasteiger partial charge in [0.2, 0.25) is 0 Å². The number of aromatic nitrogens is 2. The third kappa shape index (κ3) is 2.15. The van der Waals surface area contributed by atoms with Crippen molar-refractivity contribution in [3.05, 3.63) is 66.6 Å². The number of rotatable bonds is 3. The molecule has 0 bridgehead atoms. The van der Waals surface area contributed by atoms with Gasteiger partial charge in [-0.25, -0.2) is 0 Å². The average Bonchev–Trinajstić information content (AvgIpc) is 2.46. The second-order valence-corrected chi connectivity index (χ2v) is 4.06. The molecule has 1 aromatic carbocycles. The summed E-state index contributed by atoms with van der Waals surface area (Å²) in [5.74, 6) is 0. The molecule has 2 heterocycles. The average molecular weight is 235 g/mol. The maximum absolute atomic E-state index is 4.41. The predicted molar refractivity (Wildman–Crippen MR) is 73.3 cm³/mol. The fourth-order valence-corrected chi connectivity index (χ4v) is 1.94. The molecule has 3 heteroatoms. The number of fused-ring (bicyclic) bond motifs is 1. The van der Waals surface area contributed by atoms with E-state index >= 15 is 0 Å². The second kappa shape index (κ2) is 4.84. The summed E-state index contributed by atoms with van der Waals surface area (Å²) in [6, 6.07) is 16.1. The first-order valence-corrected chi connectivity index (χ1v) is 5.91. The minimum atomic E-state index is 0.705. The number of nitrogens with zero attached hydrogens (tertiary/aromatic N) is 2. The van der Waals surface area contributed by atoms with Gasteiger partial charge in [0.25, 0.3) is 0 Å². The number of pyridine rings is 2. The molecular weight excluding hydrogens is 222 g/mol. The van der Waals surface area contributed by atoms with E-state index in [0.29, 0.717) is 6.54 Å².